The third-order valence-corrected chi connectivity index (χ3v) is 2.20. The van der Waals surface area contributed by atoms with Crippen LogP contribution in [0.15, 0.2) is 62.3 Å². The van der Waals surface area contributed by atoms with Crippen LogP contribution in [0.4, 0.5) is 0 Å². The maximum absolute atomic E-state index is 3.97. The van der Waals surface area contributed by atoms with Crippen LogP contribution in [0.1, 0.15) is 6.42 Å². The summed E-state index contributed by atoms with van der Waals surface area (Å²) < 4.78 is 0. The highest BCUT2D eigenvalue weighted by Gasteiger charge is 2.02. The molecule has 15 heavy (non-hydrogen) atoms. The van der Waals surface area contributed by atoms with Gasteiger partial charge in [-0.15, -0.1) is 13.2 Å². The molecule has 0 aromatic heterocycles. The first-order chi connectivity index (χ1) is 7.15. The molecule has 0 atom stereocenters. The van der Waals surface area contributed by atoms with Gasteiger partial charge in [0, 0.05) is 19.6 Å². The molecule has 0 unspecified atom stereocenters. The van der Waals surface area contributed by atoms with Crippen molar-refractivity contribution in [3.8, 4) is 0 Å². The van der Waals surface area contributed by atoms with Crippen molar-refractivity contribution in [2.75, 3.05) is 19.6 Å². The lowest BCUT2D eigenvalue weighted by Gasteiger charge is -2.19. The SMILES string of the molecule is C=CCN(CC=C)CCC(=C)C(=C)C=C. The standard InChI is InChI=1S/C14H21N/c1-6-10-15(11-7-2)12-9-14(5)13(4)8-3/h6-8H,1-5,9-12H2. The molecule has 0 N–H and O–H groups in total. The molecule has 0 aliphatic rings. The highest BCUT2D eigenvalue weighted by Crippen LogP contribution is 2.11. The van der Waals surface area contributed by atoms with Crippen molar-refractivity contribution in [1.82, 2.24) is 4.90 Å². The van der Waals surface area contributed by atoms with Gasteiger partial charge in [-0.25, -0.2) is 0 Å². The summed E-state index contributed by atoms with van der Waals surface area (Å²) in [5, 5.41) is 0. The molecule has 0 aliphatic carbocycles. The van der Waals surface area contributed by atoms with Crippen LogP contribution in [0, 0.1) is 0 Å². The van der Waals surface area contributed by atoms with Crippen LogP contribution in [-0.2, 0) is 0 Å². The Morgan fingerprint density at radius 3 is 1.93 bits per heavy atom. The van der Waals surface area contributed by atoms with Crippen molar-refractivity contribution in [2.24, 2.45) is 0 Å². The molecule has 0 saturated heterocycles. The smallest absolute Gasteiger partial charge is 0.0164 e. The van der Waals surface area contributed by atoms with E-state index in [1.807, 2.05) is 12.2 Å². The summed E-state index contributed by atoms with van der Waals surface area (Å²) in [6, 6.07) is 0. The number of rotatable bonds is 9. The van der Waals surface area contributed by atoms with Gasteiger partial charge < -0.3 is 0 Å². The zero-order valence-electron chi connectivity index (χ0n) is 9.54. The van der Waals surface area contributed by atoms with Crippen LogP contribution in [0.25, 0.3) is 0 Å². The van der Waals surface area contributed by atoms with E-state index in [1.165, 1.54) is 0 Å². The van der Waals surface area contributed by atoms with Crippen LogP contribution in [0.3, 0.4) is 0 Å². The molecule has 82 valence electrons. The fourth-order valence-corrected chi connectivity index (χ4v) is 1.22. The summed E-state index contributed by atoms with van der Waals surface area (Å²) in [4.78, 5) is 2.25. The number of nitrogens with zero attached hydrogens (tertiary/aromatic N) is 1. The van der Waals surface area contributed by atoms with Crippen LogP contribution >= 0.6 is 0 Å². The fourth-order valence-electron chi connectivity index (χ4n) is 1.22. The predicted octanol–water partition coefficient (Wildman–Crippen LogP) is 3.35. The van der Waals surface area contributed by atoms with E-state index < -0.39 is 0 Å². The highest BCUT2D eigenvalue weighted by atomic mass is 15.1. The average molecular weight is 203 g/mol. The van der Waals surface area contributed by atoms with E-state index in [0.717, 1.165) is 37.2 Å². The first-order valence-corrected chi connectivity index (χ1v) is 5.09. The molecular formula is C14H21N. The Labute approximate surface area is 93.8 Å². The Balaban J connectivity index is 4.02. The van der Waals surface area contributed by atoms with Crippen LogP contribution < -0.4 is 0 Å². The Morgan fingerprint density at radius 1 is 1.00 bits per heavy atom. The van der Waals surface area contributed by atoms with Gasteiger partial charge in [0.2, 0.25) is 0 Å². The molecule has 1 heteroatoms. The van der Waals surface area contributed by atoms with E-state index in [1.54, 1.807) is 6.08 Å². The van der Waals surface area contributed by atoms with E-state index in [0.29, 0.717) is 0 Å². The van der Waals surface area contributed by atoms with E-state index >= 15 is 0 Å². The molecule has 0 radical (unpaired) electrons. The van der Waals surface area contributed by atoms with Gasteiger partial charge in [-0.1, -0.05) is 38.0 Å². The van der Waals surface area contributed by atoms with Gasteiger partial charge in [0.1, 0.15) is 0 Å². The van der Waals surface area contributed by atoms with E-state index in [4.69, 9.17) is 0 Å². The predicted molar refractivity (Wildman–Crippen MR) is 69.9 cm³/mol. The van der Waals surface area contributed by atoms with Gasteiger partial charge in [-0.05, 0) is 17.6 Å². The minimum Gasteiger partial charge on any atom is -0.296 e. The van der Waals surface area contributed by atoms with Crippen molar-refractivity contribution < 1.29 is 0 Å². The number of allylic oxidation sites excluding steroid dienone is 2. The van der Waals surface area contributed by atoms with E-state index in [-0.39, 0.29) is 0 Å². The second kappa shape index (κ2) is 8.01. The lowest BCUT2D eigenvalue weighted by molar-refractivity contribution is 0.340. The molecule has 0 bridgehead atoms. The topological polar surface area (TPSA) is 3.24 Å². The quantitative estimate of drug-likeness (QED) is 0.410. The van der Waals surface area contributed by atoms with Gasteiger partial charge in [0.15, 0.2) is 0 Å². The summed E-state index contributed by atoms with van der Waals surface area (Å²) in [7, 11) is 0. The van der Waals surface area contributed by atoms with Crippen LogP contribution in [0.2, 0.25) is 0 Å². The maximum atomic E-state index is 3.97. The molecule has 0 saturated carbocycles. The lowest BCUT2D eigenvalue weighted by atomic mass is 10.1. The average Bonchev–Trinajstić information content (AvgIpc) is 2.25. The van der Waals surface area contributed by atoms with Gasteiger partial charge >= 0.3 is 0 Å². The molecule has 0 aromatic rings. The Bertz CT molecular complexity index is 251. The second-order valence-electron chi connectivity index (χ2n) is 3.42. The molecule has 0 rings (SSSR count). The normalized spacial score (nSPS) is 9.67. The Morgan fingerprint density at radius 2 is 1.53 bits per heavy atom. The van der Waals surface area contributed by atoms with Crippen molar-refractivity contribution in [1.29, 1.82) is 0 Å². The lowest BCUT2D eigenvalue weighted by Crippen LogP contribution is -2.25. The van der Waals surface area contributed by atoms with Crippen LogP contribution in [0.5, 0.6) is 0 Å². The number of hydrogen-bond donors (Lipinski definition) is 0. The highest BCUT2D eigenvalue weighted by molar-refractivity contribution is 5.33. The molecule has 0 fully saturated rings. The minimum atomic E-state index is 0.875. The first kappa shape index (κ1) is 13.7. The van der Waals surface area contributed by atoms with Gasteiger partial charge in [-0.3, -0.25) is 4.90 Å². The Kier molecular flexibility index (Phi) is 7.29. The summed E-state index contributed by atoms with van der Waals surface area (Å²) in [5.41, 5.74) is 1.97. The van der Waals surface area contributed by atoms with E-state index in [2.05, 4.69) is 37.8 Å². The molecule has 1 nitrogen and oxygen atoms in total. The zero-order valence-corrected chi connectivity index (χ0v) is 9.54. The third-order valence-electron chi connectivity index (χ3n) is 2.20. The van der Waals surface area contributed by atoms with Gasteiger partial charge in [0.25, 0.3) is 0 Å². The molecule has 0 aromatic carbocycles. The minimum absolute atomic E-state index is 0.875. The monoisotopic (exact) mass is 203 g/mol. The van der Waals surface area contributed by atoms with Crippen molar-refractivity contribution in [3.05, 3.63) is 62.3 Å². The summed E-state index contributed by atoms with van der Waals surface area (Å²) in [6.07, 6.45) is 6.45. The summed E-state index contributed by atoms with van der Waals surface area (Å²) >= 11 is 0. The zero-order chi connectivity index (χ0) is 11.7. The molecule has 0 aliphatic heterocycles. The van der Waals surface area contributed by atoms with Crippen molar-refractivity contribution in [3.63, 3.8) is 0 Å². The third kappa shape index (κ3) is 5.87. The van der Waals surface area contributed by atoms with Crippen molar-refractivity contribution in [2.45, 2.75) is 6.42 Å². The second-order valence-corrected chi connectivity index (χ2v) is 3.42. The van der Waals surface area contributed by atoms with Gasteiger partial charge in [-0.2, -0.15) is 0 Å². The molecule has 0 amide bonds. The summed E-state index contributed by atoms with van der Waals surface area (Å²) in [5.74, 6) is 0. The molecular weight excluding hydrogens is 182 g/mol. The summed E-state index contributed by atoms with van der Waals surface area (Å²) in [6.45, 7) is 21.7. The van der Waals surface area contributed by atoms with Gasteiger partial charge in [0.05, 0.1) is 0 Å². The maximum Gasteiger partial charge on any atom is 0.0164 e. The number of hydrogen-bond acceptors (Lipinski definition) is 1. The van der Waals surface area contributed by atoms with Crippen LogP contribution in [-0.4, -0.2) is 24.5 Å². The largest absolute Gasteiger partial charge is 0.296 e. The first-order valence-electron chi connectivity index (χ1n) is 5.09. The molecule has 0 heterocycles. The van der Waals surface area contributed by atoms with Crippen molar-refractivity contribution >= 4 is 0 Å². The fraction of sp³-hybridized carbons (Fsp3) is 0.286. The Hall–Kier alpha value is -1.34. The molecule has 0 spiro atoms. The van der Waals surface area contributed by atoms with E-state index in [9.17, 15) is 0 Å².